The first-order chi connectivity index (χ1) is 7.72. The Morgan fingerprint density at radius 2 is 2.31 bits per heavy atom. The summed E-state index contributed by atoms with van der Waals surface area (Å²) in [5, 5.41) is 0.375. The number of rotatable bonds is 4. The summed E-state index contributed by atoms with van der Waals surface area (Å²) in [5.74, 6) is 2.60. The first kappa shape index (κ1) is 12.0. The summed E-state index contributed by atoms with van der Waals surface area (Å²) in [4.78, 5) is 4.48. The average molecular weight is 241 g/mol. The van der Waals surface area contributed by atoms with E-state index < -0.39 is 0 Å². The lowest BCUT2D eigenvalue weighted by Crippen LogP contribution is -2.16. The lowest BCUT2D eigenvalue weighted by molar-refractivity contribution is 0.404. The molecular formula is C13H21ClN2. The molecule has 90 valence electrons. The second-order valence-corrected chi connectivity index (χ2v) is 5.51. The minimum Gasteiger partial charge on any atom is -0.335 e. The maximum atomic E-state index is 6.27. The van der Waals surface area contributed by atoms with E-state index in [2.05, 4.69) is 29.6 Å². The number of aromatic nitrogens is 2. The Labute approximate surface area is 103 Å². The summed E-state index contributed by atoms with van der Waals surface area (Å²) in [6.45, 7) is 5.57. The van der Waals surface area contributed by atoms with Crippen molar-refractivity contribution in [2.75, 3.05) is 0 Å². The zero-order valence-electron chi connectivity index (χ0n) is 10.2. The first-order valence-corrected chi connectivity index (χ1v) is 6.80. The summed E-state index contributed by atoms with van der Waals surface area (Å²) in [6, 6.07) is 0. The van der Waals surface area contributed by atoms with Gasteiger partial charge in [-0.15, -0.1) is 11.6 Å². The Kier molecular flexibility index (Phi) is 3.91. The standard InChI is InChI=1S/C13H21ClN2/c1-3-7-16-8-6-15-13(16)9-11-4-5-12(14)10(11)2/h6,8,10-12H,3-5,7,9H2,1-2H3. The Morgan fingerprint density at radius 3 is 2.94 bits per heavy atom. The summed E-state index contributed by atoms with van der Waals surface area (Å²) >= 11 is 6.27. The van der Waals surface area contributed by atoms with Gasteiger partial charge in [0.15, 0.2) is 0 Å². The topological polar surface area (TPSA) is 17.8 Å². The van der Waals surface area contributed by atoms with Crippen molar-refractivity contribution >= 4 is 11.6 Å². The van der Waals surface area contributed by atoms with E-state index in [1.807, 2.05) is 6.20 Å². The largest absolute Gasteiger partial charge is 0.335 e. The molecule has 1 aromatic heterocycles. The molecule has 0 spiro atoms. The average Bonchev–Trinajstić information content (AvgIpc) is 2.82. The van der Waals surface area contributed by atoms with Crippen LogP contribution in [0.15, 0.2) is 12.4 Å². The molecule has 0 bridgehead atoms. The van der Waals surface area contributed by atoms with Gasteiger partial charge >= 0.3 is 0 Å². The van der Waals surface area contributed by atoms with Crippen LogP contribution in [0.5, 0.6) is 0 Å². The molecule has 1 aromatic rings. The van der Waals surface area contributed by atoms with Crippen LogP contribution in [0.25, 0.3) is 0 Å². The maximum absolute atomic E-state index is 6.27. The number of imidazole rings is 1. The van der Waals surface area contributed by atoms with Crippen LogP contribution in [0.3, 0.4) is 0 Å². The molecule has 3 unspecified atom stereocenters. The molecule has 1 aliphatic carbocycles. The van der Waals surface area contributed by atoms with Crippen molar-refractivity contribution in [1.82, 2.24) is 9.55 Å². The fraction of sp³-hybridized carbons (Fsp3) is 0.769. The van der Waals surface area contributed by atoms with Gasteiger partial charge in [0.25, 0.3) is 0 Å². The van der Waals surface area contributed by atoms with Gasteiger partial charge in [-0.3, -0.25) is 0 Å². The Hall–Kier alpha value is -0.500. The van der Waals surface area contributed by atoms with Crippen molar-refractivity contribution in [3.05, 3.63) is 18.2 Å². The van der Waals surface area contributed by atoms with E-state index >= 15 is 0 Å². The third kappa shape index (κ3) is 2.42. The van der Waals surface area contributed by atoms with E-state index in [9.17, 15) is 0 Å². The minimum absolute atomic E-state index is 0.375. The summed E-state index contributed by atoms with van der Waals surface area (Å²) in [6.07, 6.45) is 8.70. The molecule has 1 heterocycles. The molecule has 3 atom stereocenters. The highest BCUT2D eigenvalue weighted by Crippen LogP contribution is 2.37. The van der Waals surface area contributed by atoms with Crippen LogP contribution in [-0.2, 0) is 13.0 Å². The molecule has 3 heteroatoms. The van der Waals surface area contributed by atoms with Crippen LogP contribution in [0, 0.1) is 11.8 Å². The van der Waals surface area contributed by atoms with Crippen molar-refractivity contribution in [3.8, 4) is 0 Å². The van der Waals surface area contributed by atoms with Crippen LogP contribution in [0.4, 0.5) is 0 Å². The van der Waals surface area contributed by atoms with E-state index in [1.54, 1.807) is 0 Å². The van der Waals surface area contributed by atoms with Gasteiger partial charge in [-0.2, -0.15) is 0 Å². The Balaban J connectivity index is 2.00. The molecule has 0 saturated heterocycles. The van der Waals surface area contributed by atoms with E-state index in [0.717, 1.165) is 18.9 Å². The third-order valence-corrected chi connectivity index (χ3v) is 4.45. The SMILES string of the molecule is CCCn1ccnc1CC1CCC(Cl)C1C. The minimum atomic E-state index is 0.375. The van der Waals surface area contributed by atoms with Crippen molar-refractivity contribution in [1.29, 1.82) is 0 Å². The smallest absolute Gasteiger partial charge is 0.108 e. The van der Waals surface area contributed by atoms with Gasteiger partial charge in [-0.05, 0) is 31.1 Å². The zero-order chi connectivity index (χ0) is 11.5. The number of halogens is 1. The summed E-state index contributed by atoms with van der Waals surface area (Å²) < 4.78 is 2.29. The Bertz CT molecular complexity index is 334. The highest BCUT2D eigenvalue weighted by molar-refractivity contribution is 6.20. The van der Waals surface area contributed by atoms with Gasteiger partial charge in [-0.1, -0.05) is 13.8 Å². The molecular weight excluding hydrogens is 220 g/mol. The van der Waals surface area contributed by atoms with E-state index in [1.165, 1.54) is 25.1 Å². The van der Waals surface area contributed by atoms with Gasteiger partial charge in [0.05, 0.1) is 0 Å². The van der Waals surface area contributed by atoms with Gasteiger partial charge in [0.2, 0.25) is 0 Å². The van der Waals surface area contributed by atoms with Crippen molar-refractivity contribution < 1.29 is 0 Å². The molecule has 0 aromatic carbocycles. The molecule has 0 aliphatic heterocycles. The molecule has 1 fully saturated rings. The molecule has 1 saturated carbocycles. The lowest BCUT2D eigenvalue weighted by atomic mass is 9.94. The van der Waals surface area contributed by atoms with E-state index in [0.29, 0.717) is 11.3 Å². The summed E-state index contributed by atoms with van der Waals surface area (Å²) in [7, 11) is 0. The maximum Gasteiger partial charge on any atom is 0.108 e. The third-order valence-electron chi connectivity index (χ3n) is 3.84. The highest BCUT2D eigenvalue weighted by Gasteiger charge is 2.31. The van der Waals surface area contributed by atoms with Crippen LogP contribution in [0.2, 0.25) is 0 Å². The second-order valence-electron chi connectivity index (χ2n) is 4.95. The molecule has 0 radical (unpaired) electrons. The van der Waals surface area contributed by atoms with Crippen molar-refractivity contribution in [2.45, 2.75) is 51.5 Å². The van der Waals surface area contributed by atoms with Crippen LogP contribution in [-0.4, -0.2) is 14.9 Å². The van der Waals surface area contributed by atoms with Gasteiger partial charge in [0, 0.05) is 30.7 Å². The van der Waals surface area contributed by atoms with Gasteiger partial charge < -0.3 is 4.57 Å². The second kappa shape index (κ2) is 5.22. The highest BCUT2D eigenvalue weighted by atomic mass is 35.5. The van der Waals surface area contributed by atoms with Crippen molar-refractivity contribution in [2.24, 2.45) is 11.8 Å². The number of hydrogen-bond donors (Lipinski definition) is 0. The van der Waals surface area contributed by atoms with Crippen LogP contribution < -0.4 is 0 Å². The zero-order valence-corrected chi connectivity index (χ0v) is 11.0. The molecule has 2 nitrogen and oxygen atoms in total. The number of nitrogens with zero attached hydrogens (tertiary/aromatic N) is 2. The van der Waals surface area contributed by atoms with E-state index in [4.69, 9.17) is 11.6 Å². The Morgan fingerprint density at radius 1 is 1.50 bits per heavy atom. The van der Waals surface area contributed by atoms with Gasteiger partial charge in [0.1, 0.15) is 5.82 Å². The van der Waals surface area contributed by atoms with Crippen LogP contribution in [0.1, 0.15) is 38.9 Å². The molecule has 0 amide bonds. The predicted octanol–water partition coefficient (Wildman–Crippen LogP) is 3.49. The normalized spacial score (nSPS) is 29.8. The van der Waals surface area contributed by atoms with Crippen molar-refractivity contribution in [3.63, 3.8) is 0 Å². The quantitative estimate of drug-likeness (QED) is 0.737. The fourth-order valence-corrected chi connectivity index (χ4v) is 3.02. The molecule has 2 rings (SSSR count). The van der Waals surface area contributed by atoms with Crippen LogP contribution >= 0.6 is 11.6 Å². The fourth-order valence-electron chi connectivity index (χ4n) is 2.69. The molecule has 1 aliphatic rings. The number of alkyl halides is 1. The predicted molar refractivity (Wildman–Crippen MR) is 67.8 cm³/mol. The molecule has 0 N–H and O–H groups in total. The lowest BCUT2D eigenvalue weighted by Gasteiger charge is -2.17. The number of hydrogen-bond acceptors (Lipinski definition) is 1. The monoisotopic (exact) mass is 240 g/mol. The van der Waals surface area contributed by atoms with E-state index in [-0.39, 0.29) is 0 Å². The number of aryl methyl sites for hydroxylation is 1. The first-order valence-electron chi connectivity index (χ1n) is 6.36. The van der Waals surface area contributed by atoms with Gasteiger partial charge in [-0.25, -0.2) is 4.98 Å². The summed E-state index contributed by atoms with van der Waals surface area (Å²) in [5.41, 5.74) is 0. The molecule has 16 heavy (non-hydrogen) atoms.